The van der Waals surface area contributed by atoms with Crippen LogP contribution < -0.4 is 15.6 Å². The van der Waals surface area contributed by atoms with Crippen LogP contribution in [0.15, 0.2) is 10.9 Å². The molecule has 3 aliphatic rings. The van der Waals surface area contributed by atoms with Crippen LogP contribution in [0.4, 0.5) is 0 Å². The van der Waals surface area contributed by atoms with Gasteiger partial charge >= 0.3 is 5.97 Å². The number of aromatic nitrogens is 2. The average molecular weight is 434 g/mol. The molecule has 1 aromatic heterocycles. The summed E-state index contributed by atoms with van der Waals surface area (Å²) in [6, 6.07) is 1.43. The van der Waals surface area contributed by atoms with Crippen molar-refractivity contribution in [2.24, 2.45) is 11.3 Å². The lowest BCUT2D eigenvalue weighted by atomic mass is 9.57. The maximum Gasteiger partial charge on any atom is 0.311 e. The number of hydrogen-bond donors (Lipinski definition) is 1. The number of fused-ring (bicyclic) bond motifs is 3. The van der Waals surface area contributed by atoms with E-state index in [1.807, 2.05) is 27.7 Å². The van der Waals surface area contributed by atoms with Gasteiger partial charge < -0.3 is 14.8 Å². The number of rotatable bonds is 8. The third-order valence-corrected chi connectivity index (χ3v) is 6.67. The van der Waals surface area contributed by atoms with Crippen LogP contribution in [-0.2, 0) is 20.9 Å². The second-order valence-corrected chi connectivity index (χ2v) is 9.85. The molecule has 1 N–H and O–H groups in total. The number of carbonyl (C=O) groups is 2. The molecule has 3 fully saturated rings. The summed E-state index contributed by atoms with van der Waals surface area (Å²) in [6.45, 7) is 8.41. The lowest BCUT2D eigenvalue weighted by Gasteiger charge is -2.52. The van der Waals surface area contributed by atoms with E-state index in [9.17, 15) is 14.4 Å². The molecular weight excluding hydrogens is 398 g/mol. The molecule has 0 saturated heterocycles. The van der Waals surface area contributed by atoms with Gasteiger partial charge in [0.05, 0.1) is 19.1 Å². The van der Waals surface area contributed by atoms with Gasteiger partial charge in [-0.3, -0.25) is 14.4 Å². The van der Waals surface area contributed by atoms with Gasteiger partial charge in [-0.25, -0.2) is 4.68 Å². The highest BCUT2D eigenvalue weighted by atomic mass is 16.5. The van der Waals surface area contributed by atoms with E-state index in [-0.39, 0.29) is 35.4 Å². The van der Waals surface area contributed by atoms with Crippen molar-refractivity contribution in [2.45, 2.75) is 84.2 Å². The van der Waals surface area contributed by atoms with Gasteiger partial charge in [0.25, 0.3) is 5.56 Å². The van der Waals surface area contributed by atoms with E-state index in [1.54, 1.807) is 0 Å². The Kier molecular flexibility index (Phi) is 6.76. The second kappa shape index (κ2) is 9.01. The van der Waals surface area contributed by atoms with Crippen LogP contribution in [0.25, 0.3) is 0 Å². The van der Waals surface area contributed by atoms with E-state index >= 15 is 0 Å². The van der Waals surface area contributed by atoms with E-state index < -0.39 is 5.41 Å². The van der Waals surface area contributed by atoms with Crippen LogP contribution in [0, 0.1) is 11.3 Å². The normalized spacial score (nSPS) is 25.0. The fourth-order valence-electron chi connectivity index (χ4n) is 4.74. The van der Waals surface area contributed by atoms with E-state index in [2.05, 4.69) is 10.4 Å². The molecule has 1 heterocycles. The van der Waals surface area contributed by atoms with Gasteiger partial charge in [0, 0.05) is 17.5 Å². The summed E-state index contributed by atoms with van der Waals surface area (Å²) in [5, 5.41) is 7.59. The summed E-state index contributed by atoms with van der Waals surface area (Å²) in [7, 11) is 1.44. The van der Waals surface area contributed by atoms with Gasteiger partial charge in [-0.15, -0.1) is 0 Å². The Morgan fingerprint density at radius 2 is 1.74 bits per heavy atom. The van der Waals surface area contributed by atoms with Crippen LogP contribution in [0.5, 0.6) is 5.75 Å². The summed E-state index contributed by atoms with van der Waals surface area (Å²) in [6.07, 6.45) is 4.40. The zero-order valence-corrected chi connectivity index (χ0v) is 19.3. The smallest absolute Gasteiger partial charge is 0.311 e. The zero-order chi connectivity index (χ0) is 22.8. The van der Waals surface area contributed by atoms with Gasteiger partial charge in [-0.2, -0.15) is 5.10 Å². The van der Waals surface area contributed by atoms with Gasteiger partial charge in [-0.1, -0.05) is 27.7 Å². The minimum Gasteiger partial charge on any atom is -0.491 e. The molecule has 3 aliphatic carbocycles. The van der Waals surface area contributed by atoms with Crippen LogP contribution in [0.1, 0.15) is 77.8 Å². The maximum atomic E-state index is 12.8. The van der Waals surface area contributed by atoms with E-state index in [4.69, 9.17) is 9.47 Å². The minimum atomic E-state index is -0.391. The highest BCUT2D eigenvalue weighted by Crippen LogP contribution is 2.52. The third-order valence-electron chi connectivity index (χ3n) is 6.67. The molecule has 4 rings (SSSR count). The molecule has 1 aromatic rings. The highest BCUT2D eigenvalue weighted by Gasteiger charge is 2.53. The molecule has 172 valence electrons. The predicted octanol–water partition coefficient (Wildman–Crippen LogP) is 2.78. The largest absolute Gasteiger partial charge is 0.491 e. The number of carbonyl (C=O) groups excluding carboxylic acids is 2. The monoisotopic (exact) mass is 433 g/mol. The minimum absolute atomic E-state index is 0.0544. The molecular formula is C23H35N3O5. The predicted molar refractivity (Wildman–Crippen MR) is 116 cm³/mol. The molecule has 2 bridgehead atoms. The second-order valence-electron chi connectivity index (χ2n) is 9.85. The van der Waals surface area contributed by atoms with E-state index in [1.165, 1.54) is 17.9 Å². The molecule has 0 atom stereocenters. The SMILES string of the molecule is COC(=O)C12CCC(NC(=O)Cn3nc(C(C)C)c(OCC(C)C)cc3=O)(CC1)CC2. The van der Waals surface area contributed by atoms with Gasteiger partial charge in [-0.05, 0) is 44.4 Å². The quantitative estimate of drug-likeness (QED) is 0.633. The van der Waals surface area contributed by atoms with Crippen LogP contribution in [0.3, 0.4) is 0 Å². The number of nitrogens with one attached hydrogen (secondary N) is 1. The summed E-state index contributed by atoms with van der Waals surface area (Å²) < 4.78 is 12.0. The van der Waals surface area contributed by atoms with E-state index in [0.29, 0.717) is 24.0 Å². The first-order valence-electron chi connectivity index (χ1n) is 11.2. The zero-order valence-electron chi connectivity index (χ0n) is 19.3. The van der Waals surface area contributed by atoms with Crippen molar-refractivity contribution >= 4 is 11.9 Å². The summed E-state index contributed by atoms with van der Waals surface area (Å²) in [4.78, 5) is 37.6. The molecule has 31 heavy (non-hydrogen) atoms. The van der Waals surface area contributed by atoms with Gasteiger partial charge in [0.15, 0.2) is 0 Å². The van der Waals surface area contributed by atoms with Crippen molar-refractivity contribution in [2.75, 3.05) is 13.7 Å². The summed E-state index contributed by atoms with van der Waals surface area (Å²) in [5.41, 5.74) is -0.382. The molecule has 0 aliphatic heterocycles. The Morgan fingerprint density at radius 3 is 2.26 bits per heavy atom. The third kappa shape index (κ3) is 4.93. The van der Waals surface area contributed by atoms with Crippen molar-refractivity contribution in [1.29, 1.82) is 0 Å². The highest BCUT2D eigenvalue weighted by molar-refractivity contribution is 5.79. The van der Waals surface area contributed by atoms with Crippen LogP contribution >= 0.6 is 0 Å². The number of hydrogen-bond acceptors (Lipinski definition) is 6. The van der Waals surface area contributed by atoms with Crippen molar-refractivity contribution in [3.8, 4) is 5.75 Å². The fraction of sp³-hybridized carbons (Fsp3) is 0.739. The molecule has 1 amide bonds. The van der Waals surface area contributed by atoms with Gasteiger partial charge in [0.1, 0.15) is 18.0 Å². The number of methoxy groups -OCH3 is 1. The molecule has 0 radical (unpaired) electrons. The molecule has 8 heteroatoms. The number of esters is 1. The van der Waals surface area contributed by atoms with Crippen molar-refractivity contribution in [1.82, 2.24) is 15.1 Å². The standard InChI is InChI=1S/C23H35N3O5/c1-15(2)14-31-17-12-19(28)26(25-20(17)16(3)4)13-18(27)24-23-9-6-22(7-10-23,8-11-23)21(29)30-5/h12,15-16H,6-11,13-14H2,1-5H3,(H,24,27). The Bertz CT molecular complexity index is 865. The fourth-order valence-corrected chi connectivity index (χ4v) is 4.74. The molecule has 3 saturated carbocycles. The van der Waals surface area contributed by atoms with Crippen LogP contribution in [-0.4, -0.2) is 40.9 Å². The summed E-state index contributed by atoms with van der Waals surface area (Å²) in [5.74, 6) is 0.509. The number of ether oxygens (including phenoxy) is 2. The Morgan fingerprint density at radius 1 is 1.13 bits per heavy atom. The van der Waals surface area contributed by atoms with E-state index in [0.717, 1.165) is 38.5 Å². The van der Waals surface area contributed by atoms with Gasteiger partial charge in [0.2, 0.25) is 5.91 Å². The lowest BCUT2D eigenvalue weighted by molar-refractivity contribution is -0.160. The first-order valence-corrected chi connectivity index (χ1v) is 11.2. The molecule has 8 nitrogen and oxygen atoms in total. The van der Waals surface area contributed by atoms with Crippen molar-refractivity contribution < 1.29 is 19.1 Å². The topological polar surface area (TPSA) is 99.5 Å². The lowest BCUT2D eigenvalue weighted by Crippen LogP contribution is -2.59. The Balaban J connectivity index is 1.69. The van der Waals surface area contributed by atoms with Crippen molar-refractivity contribution in [3.05, 3.63) is 22.1 Å². The number of nitrogens with zero attached hydrogens (tertiary/aromatic N) is 2. The average Bonchev–Trinajstić information content (AvgIpc) is 2.73. The molecule has 0 spiro atoms. The summed E-state index contributed by atoms with van der Waals surface area (Å²) >= 11 is 0. The Labute approximate surface area is 183 Å². The Hall–Kier alpha value is -2.38. The first-order chi connectivity index (χ1) is 14.6. The first kappa shape index (κ1) is 23.3. The number of amides is 1. The van der Waals surface area contributed by atoms with Crippen LogP contribution in [0.2, 0.25) is 0 Å². The maximum absolute atomic E-state index is 12.8. The van der Waals surface area contributed by atoms with Crippen molar-refractivity contribution in [3.63, 3.8) is 0 Å². The molecule has 0 unspecified atom stereocenters. The molecule has 0 aromatic carbocycles.